The molecule has 2 aliphatic rings. The average Bonchev–Trinajstić information content (AvgIpc) is 3.13. The van der Waals surface area contributed by atoms with Gasteiger partial charge < -0.3 is 14.7 Å². The zero-order valence-electron chi connectivity index (χ0n) is 15.1. The zero-order valence-corrected chi connectivity index (χ0v) is 15.9. The number of phenolic OH excluding ortho intramolecular Hbond substituents is 1. The van der Waals surface area contributed by atoms with E-state index < -0.39 is 10.0 Å². The Morgan fingerprint density at radius 2 is 1.96 bits per heavy atom. The number of aromatic hydroxyl groups is 1. The first kappa shape index (κ1) is 18.0. The molecule has 2 aliphatic heterocycles. The Kier molecular flexibility index (Phi) is 4.65. The number of hydrogen-bond acceptors (Lipinski definition) is 7. The van der Waals surface area contributed by atoms with Gasteiger partial charge in [-0.1, -0.05) is 12.1 Å². The number of benzene rings is 1. The largest absolute Gasteiger partial charge is 0.508 e. The van der Waals surface area contributed by atoms with Gasteiger partial charge in [-0.15, -0.1) is 0 Å². The summed E-state index contributed by atoms with van der Waals surface area (Å²) in [5.41, 5.74) is 2.22. The van der Waals surface area contributed by atoms with Gasteiger partial charge in [-0.05, 0) is 25.5 Å². The molecule has 1 fully saturated rings. The third-order valence-corrected chi connectivity index (χ3v) is 6.65. The van der Waals surface area contributed by atoms with Crippen molar-refractivity contribution < 1.29 is 18.3 Å². The molecule has 1 N–H and O–H groups in total. The van der Waals surface area contributed by atoms with Crippen LogP contribution in [0, 0.1) is 0 Å². The van der Waals surface area contributed by atoms with E-state index in [1.54, 1.807) is 25.1 Å². The number of morpholine rings is 1. The number of phenols is 1. The first-order chi connectivity index (χ1) is 13.0. The molecule has 1 aromatic heterocycles. The summed E-state index contributed by atoms with van der Waals surface area (Å²) in [6.07, 6.45) is 0.545. The van der Waals surface area contributed by atoms with Crippen molar-refractivity contribution in [2.45, 2.75) is 13.3 Å². The maximum atomic E-state index is 12.5. The smallest absolute Gasteiger partial charge is 0.236 e. The van der Waals surface area contributed by atoms with Crippen molar-refractivity contribution in [2.24, 2.45) is 0 Å². The summed E-state index contributed by atoms with van der Waals surface area (Å²) in [6.45, 7) is 4.46. The SMILES string of the molecule is CCS(=O)(=O)N1CCc2c(-c3cccc(O)c3)nc(N3CCOCC3)nc21. The highest BCUT2D eigenvalue weighted by Gasteiger charge is 2.33. The lowest BCUT2D eigenvalue weighted by molar-refractivity contribution is 0.122. The Bertz CT molecular complexity index is 958. The van der Waals surface area contributed by atoms with E-state index in [0.29, 0.717) is 56.7 Å². The second-order valence-corrected chi connectivity index (χ2v) is 8.73. The summed E-state index contributed by atoms with van der Waals surface area (Å²) < 4.78 is 31.9. The van der Waals surface area contributed by atoms with E-state index >= 15 is 0 Å². The molecule has 0 aliphatic carbocycles. The van der Waals surface area contributed by atoms with E-state index in [0.717, 1.165) is 11.1 Å². The van der Waals surface area contributed by atoms with Crippen molar-refractivity contribution in [2.75, 3.05) is 47.8 Å². The van der Waals surface area contributed by atoms with E-state index in [9.17, 15) is 13.5 Å². The number of rotatable bonds is 4. The quantitative estimate of drug-likeness (QED) is 0.843. The van der Waals surface area contributed by atoms with Crippen LogP contribution in [0.15, 0.2) is 24.3 Å². The fraction of sp³-hybridized carbons (Fsp3) is 0.444. The summed E-state index contributed by atoms with van der Waals surface area (Å²) in [7, 11) is -3.42. The minimum atomic E-state index is -3.42. The fourth-order valence-corrected chi connectivity index (χ4v) is 4.54. The van der Waals surface area contributed by atoms with Crippen LogP contribution < -0.4 is 9.21 Å². The van der Waals surface area contributed by atoms with Crippen molar-refractivity contribution >= 4 is 21.8 Å². The normalized spacial score (nSPS) is 17.2. The number of fused-ring (bicyclic) bond motifs is 1. The molecule has 4 rings (SSSR count). The molecule has 9 heteroatoms. The number of aromatic nitrogens is 2. The van der Waals surface area contributed by atoms with E-state index in [-0.39, 0.29) is 11.5 Å². The van der Waals surface area contributed by atoms with Crippen LogP contribution >= 0.6 is 0 Å². The summed E-state index contributed by atoms with van der Waals surface area (Å²) in [5.74, 6) is 1.11. The monoisotopic (exact) mass is 390 g/mol. The van der Waals surface area contributed by atoms with E-state index in [1.807, 2.05) is 11.0 Å². The summed E-state index contributed by atoms with van der Waals surface area (Å²) in [6, 6.07) is 6.86. The van der Waals surface area contributed by atoms with Crippen molar-refractivity contribution in [3.63, 3.8) is 0 Å². The van der Waals surface area contributed by atoms with E-state index in [4.69, 9.17) is 9.72 Å². The molecule has 0 bridgehead atoms. The van der Waals surface area contributed by atoms with Crippen LogP contribution in [-0.2, 0) is 21.2 Å². The number of ether oxygens (including phenoxy) is 1. The highest BCUT2D eigenvalue weighted by molar-refractivity contribution is 7.92. The molecule has 0 saturated carbocycles. The molecule has 0 unspecified atom stereocenters. The Morgan fingerprint density at radius 1 is 1.19 bits per heavy atom. The molecule has 144 valence electrons. The molecule has 1 aromatic carbocycles. The number of sulfonamides is 1. The molecule has 0 spiro atoms. The third kappa shape index (κ3) is 3.32. The van der Waals surface area contributed by atoms with Crippen LogP contribution in [0.1, 0.15) is 12.5 Å². The van der Waals surface area contributed by atoms with Gasteiger partial charge in [0.2, 0.25) is 16.0 Å². The minimum absolute atomic E-state index is 0.0186. The molecule has 2 aromatic rings. The highest BCUT2D eigenvalue weighted by atomic mass is 32.2. The lowest BCUT2D eigenvalue weighted by Crippen LogP contribution is -2.38. The predicted octanol–water partition coefficient (Wildman–Crippen LogP) is 1.40. The molecular weight excluding hydrogens is 368 g/mol. The standard InChI is InChI=1S/C18H22N4O4S/c1-2-27(24,25)22-7-6-15-16(13-4-3-5-14(23)12-13)19-18(20-17(15)22)21-8-10-26-11-9-21/h3-5,12,23H,2,6-11H2,1H3. The molecule has 1 saturated heterocycles. The number of anilines is 2. The highest BCUT2D eigenvalue weighted by Crippen LogP contribution is 2.37. The first-order valence-electron chi connectivity index (χ1n) is 9.03. The van der Waals surface area contributed by atoms with Gasteiger partial charge in [0.25, 0.3) is 0 Å². The second kappa shape index (κ2) is 6.97. The zero-order chi connectivity index (χ0) is 19.0. The molecule has 0 radical (unpaired) electrons. The fourth-order valence-electron chi connectivity index (χ4n) is 3.44. The van der Waals surface area contributed by atoms with Crippen LogP contribution in [0.25, 0.3) is 11.3 Å². The van der Waals surface area contributed by atoms with Crippen molar-refractivity contribution in [3.8, 4) is 17.0 Å². The van der Waals surface area contributed by atoms with Crippen LogP contribution in [0.3, 0.4) is 0 Å². The van der Waals surface area contributed by atoms with Gasteiger partial charge in [-0.2, -0.15) is 4.98 Å². The topological polar surface area (TPSA) is 95.9 Å². The number of hydrogen-bond donors (Lipinski definition) is 1. The van der Waals surface area contributed by atoms with Crippen LogP contribution in [0.5, 0.6) is 5.75 Å². The van der Waals surface area contributed by atoms with Crippen molar-refractivity contribution in [1.82, 2.24) is 9.97 Å². The van der Waals surface area contributed by atoms with E-state index in [2.05, 4.69) is 4.98 Å². The van der Waals surface area contributed by atoms with E-state index in [1.165, 1.54) is 4.31 Å². The lowest BCUT2D eigenvalue weighted by Gasteiger charge is -2.28. The van der Waals surface area contributed by atoms with Crippen molar-refractivity contribution in [1.29, 1.82) is 0 Å². The Labute approximate surface area is 158 Å². The predicted molar refractivity (Wildman–Crippen MR) is 103 cm³/mol. The third-order valence-electron chi connectivity index (χ3n) is 4.89. The van der Waals surface area contributed by atoms with Gasteiger partial charge in [0.15, 0.2) is 5.82 Å². The van der Waals surface area contributed by atoms with Crippen LogP contribution in [0.4, 0.5) is 11.8 Å². The first-order valence-corrected chi connectivity index (χ1v) is 10.6. The van der Waals surface area contributed by atoms with Gasteiger partial charge in [0, 0.05) is 30.8 Å². The van der Waals surface area contributed by atoms with Gasteiger partial charge in [-0.3, -0.25) is 4.31 Å². The lowest BCUT2D eigenvalue weighted by atomic mass is 10.1. The molecule has 27 heavy (non-hydrogen) atoms. The Balaban J connectivity index is 1.88. The van der Waals surface area contributed by atoms with Gasteiger partial charge >= 0.3 is 0 Å². The summed E-state index contributed by atoms with van der Waals surface area (Å²) in [4.78, 5) is 11.4. The Morgan fingerprint density at radius 3 is 2.67 bits per heavy atom. The Hall–Kier alpha value is -2.39. The summed E-state index contributed by atoms with van der Waals surface area (Å²) >= 11 is 0. The maximum Gasteiger partial charge on any atom is 0.236 e. The second-order valence-electron chi connectivity index (χ2n) is 6.55. The molecule has 8 nitrogen and oxygen atoms in total. The molecular formula is C18H22N4O4S. The molecule has 0 atom stereocenters. The average molecular weight is 390 g/mol. The van der Waals surface area contributed by atoms with Gasteiger partial charge in [-0.25, -0.2) is 13.4 Å². The summed E-state index contributed by atoms with van der Waals surface area (Å²) in [5, 5.41) is 9.88. The van der Waals surface area contributed by atoms with Gasteiger partial charge in [0.1, 0.15) is 5.75 Å². The minimum Gasteiger partial charge on any atom is -0.508 e. The van der Waals surface area contributed by atoms with Crippen LogP contribution in [0.2, 0.25) is 0 Å². The molecule has 3 heterocycles. The van der Waals surface area contributed by atoms with Gasteiger partial charge in [0.05, 0.1) is 24.7 Å². The van der Waals surface area contributed by atoms with Crippen molar-refractivity contribution in [3.05, 3.63) is 29.8 Å². The molecule has 0 amide bonds. The maximum absolute atomic E-state index is 12.5. The number of nitrogens with zero attached hydrogens (tertiary/aromatic N) is 4. The van der Waals surface area contributed by atoms with Crippen LogP contribution in [-0.4, -0.2) is 62.1 Å².